The van der Waals surface area contributed by atoms with Crippen LogP contribution in [0.4, 0.5) is 0 Å². The van der Waals surface area contributed by atoms with Gasteiger partial charge in [-0.2, -0.15) is 0 Å². The molecule has 104 valence electrons. The molecule has 1 aromatic rings. The van der Waals surface area contributed by atoms with Gasteiger partial charge in [0, 0.05) is 6.42 Å². The zero-order chi connectivity index (χ0) is 14.3. The first kappa shape index (κ1) is 15.4. The molecule has 1 aromatic carbocycles. The van der Waals surface area contributed by atoms with E-state index >= 15 is 0 Å². The van der Waals surface area contributed by atoms with Crippen LogP contribution in [0.5, 0.6) is 0 Å². The van der Waals surface area contributed by atoms with Gasteiger partial charge in [-0.25, -0.2) is 0 Å². The van der Waals surface area contributed by atoms with Crippen molar-refractivity contribution < 1.29 is 14.3 Å². The molecule has 0 radical (unpaired) electrons. The molecule has 1 rings (SSSR count). The van der Waals surface area contributed by atoms with Gasteiger partial charge < -0.3 is 9.53 Å². The highest BCUT2D eigenvalue weighted by Gasteiger charge is 2.26. The zero-order valence-electron chi connectivity index (χ0n) is 11.9. The number of ether oxygens (including phenoxy) is 1. The molecule has 3 heteroatoms. The number of aldehydes is 1. The van der Waals surface area contributed by atoms with Gasteiger partial charge in [-0.05, 0) is 31.7 Å². The van der Waals surface area contributed by atoms with Crippen molar-refractivity contribution in [3.8, 4) is 0 Å². The monoisotopic (exact) mass is 262 g/mol. The highest BCUT2D eigenvalue weighted by atomic mass is 16.5. The van der Waals surface area contributed by atoms with Crippen LogP contribution in [0.25, 0.3) is 0 Å². The lowest BCUT2D eigenvalue weighted by Gasteiger charge is -2.22. The summed E-state index contributed by atoms with van der Waals surface area (Å²) in [6.07, 6.45) is 2.04. The van der Waals surface area contributed by atoms with Crippen LogP contribution < -0.4 is 0 Å². The average molecular weight is 262 g/mol. The maximum absolute atomic E-state index is 11.9. The lowest BCUT2D eigenvalue weighted by molar-refractivity contribution is -0.148. The summed E-state index contributed by atoms with van der Waals surface area (Å²) >= 11 is 0. The van der Waals surface area contributed by atoms with E-state index in [1.54, 1.807) is 6.92 Å². The molecule has 0 aromatic heterocycles. The molecule has 3 nitrogen and oxygen atoms in total. The quantitative estimate of drug-likeness (QED) is 0.559. The van der Waals surface area contributed by atoms with Gasteiger partial charge in [0.05, 0.1) is 12.5 Å². The van der Waals surface area contributed by atoms with Crippen LogP contribution in [-0.4, -0.2) is 18.9 Å². The maximum Gasteiger partial charge on any atom is 0.309 e. The van der Waals surface area contributed by atoms with Crippen molar-refractivity contribution in [3.63, 3.8) is 0 Å². The fourth-order valence-electron chi connectivity index (χ4n) is 2.29. The highest BCUT2D eigenvalue weighted by Crippen LogP contribution is 2.30. The predicted octanol–water partition coefficient (Wildman–Crippen LogP) is 3.26. The number of carbonyl (C=O) groups excluding carboxylic acids is 2. The fourth-order valence-corrected chi connectivity index (χ4v) is 2.29. The minimum Gasteiger partial charge on any atom is -0.466 e. The van der Waals surface area contributed by atoms with E-state index in [-0.39, 0.29) is 17.8 Å². The number of esters is 1. The first-order valence-electron chi connectivity index (χ1n) is 6.77. The van der Waals surface area contributed by atoms with E-state index in [0.29, 0.717) is 19.4 Å². The van der Waals surface area contributed by atoms with Crippen LogP contribution in [0.1, 0.15) is 43.7 Å². The van der Waals surface area contributed by atoms with Crippen LogP contribution in [-0.2, 0) is 14.3 Å². The summed E-state index contributed by atoms with van der Waals surface area (Å²) in [4.78, 5) is 22.5. The summed E-state index contributed by atoms with van der Waals surface area (Å²) in [5.41, 5.74) is 2.26. The van der Waals surface area contributed by atoms with Crippen molar-refractivity contribution in [2.24, 2.45) is 5.92 Å². The van der Waals surface area contributed by atoms with Gasteiger partial charge >= 0.3 is 5.97 Å². The molecule has 0 aliphatic carbocycles. The molecule has 0 heterocycles. The number of hydrogen-bond acceptors (Lipinski definition) is 3. The number of aryl methyl sites for hydroxylation is 1. The fraction of sp³-hybridized carbons (Fsp3) is 0.500. The third-order valence-corrected chi connectivity index (χ3v) is 3.33. The second kappa shape index (κ2) is 7.72. The first-order chi connectivity index (χ1) is 9.10. The number of rotatable bonds is 7. The van der Waals surface area contributed by atoms with Crippen LogP contribution in [0.15, 0.2) is 24.3 Å². The SMILES string of the molecule is CCOC(=O)C(C)[C@H](CCC=O)c1cccc(C)c1. The van der Waals surface area contributed by atoms with Crippen LogP contribution in [0.3, 0.4) is 0 Å². The Morgan fingerprint density at radius 3 is 2.74 bits per heavy atom. The summed E-state index contributed by atoms with van der Waals surface area (Å²) in [5, 5.41) is 0. The summed E-state index contributed by atoms with van der Waals surface area (Å²) in [7, 11) is 0. The van der Waals surface area contributed by atoms with E-state index in [1.807, 2.05) is 32.0 Å². The molecule has 0 saturated heterocycles. The molecule has 0 aliphatic rings. The molecule has 0 saturated carbocycles. The molecule has 0 spiro atoms. The van der Waals surface area contributed by atoms with E-state index in [0.717, 1.165) is 17.4 Å². The molecule has 0 aliphatic heterocycles. The smallest absolute Gasteiger partial charge is 0.309 e. The highest BCUT2D eigenvalue weighted by molar-refractivity contribution is 5.73. The van der Waals surface area contributed by atoms with Crippen LogP contribution >= 0.6 is 0 Å². The van der Waals surface area contributed by atoms with Crippen LogP contribution in [0, 0.1) is 12.8 Å². The second-order valence-electron chi connectivity index (χ2n) is 4.81. The van der Waals surface area contributed by atoms with Gasteiger partial charge in [-0.1, -0.05) is 36.8 Å². The van der Waals surface area contributed by atoms with Gasteiger partial charge in [0.25, 0.3) is 0 Å². The van der Waals surface area contributed by atoms with Gasteiger partial charge in [0.1, 0.15) is 6.29 Å². The number of hydrogen-bond donors (Lipinski definition) is 0. The number of carbonyl (C=O) groups is 2. The predicted molar refractivity (Wildman–Crippen MR) is 75.0 cm³/mol. The van der Waals surface area contributed by atoms with E-state index in [9.17, 15) is 9.59 Å². The minimum atomic E-state index is -0.235. The third-order valence-electron chi connectivity index (χ3n) is 3.33. The molecular formula is C16H22O3. The lowest BCUT2D eigenvalue weighted by Crippen LogP contribution is -2.22. The summed E-state index contributed by atoms with van der Waals surface area (Å²) in [6, 6.07) is 8.09. The van der Waals surface area contributed by atoms with Crippen LogP contribution in [0.2, 0.25) is 0 Å². The Bertz CT molecular complexity index is 426. The topological polar surface area (TPSA) is 43.4 Å². The van der Waals surface area contributed by atoms with Crippen molar-refractivity contribution in [2.45, 2.75) is 39.5 Å². The summed E-state index contributed by atoms with van der Waals surface area (Å²) in [5.74, 6) is -0.397. The van der Waals surface area contributed by atoms with Gasteiger partial charge in [-0.15, -0.1) is 0 Å². The van der Waals surface area contributed by atoms with Gasteiger partial charge in [-0.3, -0.25) is 4.79 Å². The first-order valence-corrected chi connectivity index (χ1v) is 6.77. The van der Waals surface area contributed by atoms with Crippen molar-refractivity contribution in [3.05, 3.63) is 35.4 Å². The third kappa shape index (κ3) is 4.51. The van der Waals surface area contributed by atoms with E-state index < -0.39 is 0 Å². The van der Waals surface area contributed by atoms with E-state index in [4.69, 9.17) is 4.74 Å². The lowest BCUT2D eigenvalue weighted by atomic mass is 9.83. The molecular weight excluding hydrogens is 240 g/mol. The average Bonchev–Trinajstić information content (AvgIpc) is 2.39. The summed E-state index contributed by atoms with van der Waals surface area (Å²) in [6.45, 7) is 6.08. The standard InChI is InChI=1S/C16H22O3/c1-4-19-16(18)13(3)15(9-6-10-17)14-8-5-7-12(2)11-14/h5,7-8,10-11,13,15H,4,6,9H2,1-3H3/t13?,15-/m0/s1. The second-order valence-corrected chi connectivity index (χ2v) is 4.81. The maximum atomic E-state index is 11.9. The molecule has 1 unspecified atom stereocenters. The van der Waals surface area contributed by atoms with Gasteiger partial charge in [0.15, 0.2) is 0 Å². The molecule has 0 fully saturated rings. The molecule has 19 heavy (non-hydrogen) atoms. The Labute approximate surface area is 115 Å². The Balaban J connectivity index is 2.93. The summed E-state index contributed by atoms with van der Waals surface area (Å²) < 4.78 is 5.09. The van der Waals surface area contributed by atoms with Crippen molar-refractivity contribution in [2.75, 3.05) is 6.61 Å². The van der Waals surface area contributed by atoms with Crippen molar-refractivity contribution in [1.82, 2.24) is 0 Å². The largest absolute Gasteiger partial charge is 0.466 e. The molecule has 2 atom stereocenters. The minimum absolute atomic E-state index is 0.0316. The molecule has 0 amide bonds. The molecule has 0 bridgehead atoms. The Morgan fingerprint density at radius 2 is 2.16 bits per heavy atom. The van der Waals surface area contributed by atoms with E-state index in [1.165, 1.54) is 0 Å². The normalized spacial score (nSPS) is 13.6. The Kier molecular flexibility index (Phi) is 6.26. The van der Waals surface area contributed by atoms with Gasteiger partial charge in [0.2, 0.25) is 0 Å². The molecule has 0 N–H and O–H groups in total. The van der Waals surface area contributed by atoms with Crippen molar-refractivity contribution in [1.29, 1.82) is 0 Å². The van der Waals surface area contributed by atoms with E-state index in [2.05, 4.69) is 6.07 Å². The zero-order valence-corrected chi connectivity index (χ0v) is 11.9. The number of benzene rings is 1. The Morgan fingerprint density at radius 1 is 1.42 bits per heavy atom. The Hall–Kier alpha value is -1.64. The van der Waals surface area contributed by atoms with Crippen molar-refractivity contribution >= 4 is 12.3 Å².